The highest BCUT2D eigenvalue weighted by Gasteiger charge is 2.23. The van der Waals surface area contributed by atoms with E-state index in [4.69, 9.17) is 5.73 Å². The van der Waals surface area contributed by atoms with Gasteiger partial charge in [0.1, 0.15) is 11.6 Å². The lowest BCUT2D eigenvalue weighted by molar-refractivity contribution is 0.552. The molecule has 0 saturated heterocycles. The molecule has 1 aromatic carbocycles. The maximum atomic E-state index is 14.0. The van der Waals surface area contributed by atoms with Gasteiger partial charge in [-0.05, 0) is 49.9 Å². The largest absolute Gasteiger partial charge is 0.324 e. The number of rotatable bonds is 1. The lowest BCUT2D eigenvalue weighted by Gasteiger charge is -2.21. The van der Waals surface area contributed by atoms with Crippen LogP contribution in [0.2, 0.25) is 0 Å². The van der Waals surface area contributed by atoms with E-state index in [-0.39, 0.29) is 11.7 Å². The maximum Gasteiger partial charge on any atom is 0.147 e. The van der Waals surface area contributed by atoms with Crippen molar-refractivity contribution in [2.75, 3.05) is 0 Å². The summed E-state index contributed by atoms with van der Waals surface area (Å²) < 4.78 is 29.1. The van der Waals surface area contributed by atoms with E-state index in [2.05, 4.69) is 0 Å². The first-order valence-electron chi connectivity index (χ1n) is 6.50. The number of hydrogen-bond acceptors (Lipinski definition) is 1. The molecule has 0 aliphatic heterocycles. The van der Waals surface area contributed by atoms with Gasteiger partial charge in [-0.15, -0.1) is 0 Å². The molecule has 0 amide bonds. The first-order valence-corrected chi connectivity index (χ1v) is 6.50. The van der Waals surface area contributed by atoms with Crippen LogP contribution in [0.1, 0.15) is 35.8 Å². The van der Waals surface area contributed by atoms with E-state index < -0.39 is 11.6 Å². The number of benzene rings is 1. The van der Waals surface area contributed by atoms with Crippen molar-refractivity contribution in [3.63, 3.8) is 0 Å². The highest BCUT2D eigenvalue weighted by Crippen LogP contribution is 2.33. The lowest BCUT2D eigenvalue weighted by atomic mass is 9.93. The summed E-state index contributed by atoms with van der Waals surface area (Å²) in [5.74, 6) is -0.847. The quantitative estimate of drug-likeness (QED) is 0.839. The van der Waals surface area contributed by atoms with Gasteiger partial charge in [-0.25, -0.2) is 8.78 Å². The third kappa shape index (κ3) is 1.96. The summed E-state index contributed by atoms with van der Waals surface area (Å²) in [7, 11) is 0. The maximum absolute atomic E-state index is 14.0. The number of nitrogens with two attached hydrogens (primary N) is 1. The molecule has 0 fully saturated rings. The summed E-state index contributed by atoms with van der Waals surface area (Å²) in [5.41, 5.74) is 9.34. The Morgan fingerprint density at radius 2 is 2.05 bits per heavy atom. The molecule has 0 radical (unpaired) electrons. The van der Waals surface area contributed by atoms with Crippen molar-refractivity contribution in [1.82, 2.24) is 4.57 Å². The normalized spacial score (nSPS) is 18.4. The summed E-state index contributed by atoms with van der Waals surface area (Å²) in [6.45, 7) is 1.90. The molecule has 2 nitrogen and oxygen atoms in total. The molecule has 1 aliphatic carbocycles. The highest BCUT2D eigenvalue weighted by atomic mass is 19.1. The fourth-order valence-electron chi connectivity index (χ4n) is 2.93. The van der Waals surface area contributed by atoms with Crippen molar-refractivity contribution in [3.8, 4) is 5.69 Å². The topological polar surface area (TPSA) is 30.9 Å². The number of halogens is 2. The van der Waals surface area contributed by atoms with Crippen LogP contribution in [-0.4, -0.2) is 4.57 Å². The van der Waals surface area contributed by atoms with E-state index in [0.717, 1.165) is 42.3 Å². The summed E-state index contributed by atoms with van der Waals surface area (Å²) in [5, 5.41) is 0. The molecule has 2 aromatic rings. The van der Waals surface area contributed by atoms with E-state index in [9.17, 15) is 8.78 Å². The standard InChI is InChI=1S/C15H16F2N2/c1-9-7-11-13(18)3-2-4-14(11)19(9)15-8-10(16)5-6-12(15)17/h5-8,13H,2-4,18H2,1H3. The van der Waals surface area contributed by atoms with Gasteiger partial charge >= 0.3 is 0 Å². The zero-order valence-corrected chi connectivity index (χ0v) is 10.8. The van der Waals surface area contributed by atoms with Gasteiger partial charge in [0.2, 0.25) is 0 Å². The first kappa shape index (κ1) is 12.4. The van der Waals surface area contributed by atoms with Gasteiger partial charge in [-0.3, -0.25) is 0 Å². The van der Waals surface area contributed by atoms with E-state index in [1.165, 1.54) is 12.1 Å². The van der Waals surface area contributed by atoms with Gasteiger partial charge in [0.15, 0.2) is 0 Å². The molecule has 19 heavy (non-hydrogen) atoms. The Hall–Kier alpha value is -1.68. The number of hydrogen-bond donors (Lipinski definition) is 1. The second kappa shape index (κ2) is 4.46. The van der Waals surface area contributed by atoms with Crippen molar-refractivity contribution in [2.45, 2.75) is 32.2 Å². The predicted octanol–water partition coefficient (Wildman–Crippen LogP) is 3.40. The Morgan fingerprint density at radius 3 is 2.84 bits per heavy atom. The zero-order valence-electron chi connectivity index (χ0n) is 10.8. The van der Waals surface area contributed by atoms with Crippen LogP contribution in [0.15, 0.2) is 24.3 Å². The molecule has 1 aliphatic rings. The van der Waals surface area contributed by atoms with E-state index in [1.807, 2.05) is 13.0 Å². The molecule has 1 unspecified atom stereocenters. The van der Waals surface area contributed by atoms with Crippen LogP contribution in [0.3, 0.4) is 0 Å². The van der Waals surface area contributed by atoms with E-state index in [0.29, 0.717) is 0 Å². The average Bonchev–Trinajstić information content (AvgIpc) is 2.70. The molecule has 100 valence electrons. The second-order valence-corrected chi connectivity index (χ2v) is 5.12. The summed E-state index contributed by atoms with van der Waals surface area (Å²) >= 11 is 0. The molecule has 0 spiro atoms. The van der Waals surface area contributed by atoms with E-state index >= 15 is 0 Å². The monoisotopic (exact) mass is 262 g/mol. The lowest BCUT2D eigenvalue weighted by Crippen LogP contribution is -2.18. The van der Waals surface area contributed by atoms with E-state index in [1.54, 1.807) is 4.57 Å². The third-order valence-electron chi connectivity index (χ3n) is 3.80. The number of aryl methyl sites for hydroxylation is 1. The molecule has 4 heteroatoms. The highest BCUT2D eigenvalue weighted by molar-refractivity contribution is 5.44. The zero-order chi connectivity index (χ0) is 13.6. The molecule has 1 aromatic heterocycles. The summed E-state index contributed by atoms with van der Waals surface area (Å²) in [4.78, 5) is 0. The Labute approximate surface area is 110 Å². The van der Waals surface area contributed by atoms with Gasteiger partial charge in [0.05, 0.1) is 5.69 Å². The first-order chi connectivity index (χ1) is 9.08. The van der Waals surface area contributed by atoms with Crippen LogP contribution in [0, 0.1) is 18.6 Å². The van der Waals surface area contributed by atoms with Gasteiger partial charge in [-0.1, -0.05) is 0 Å². The second-order valence-electron chi connectivity index (χ2n) is 5.12. The van der Waals surface area contributed by atoms with Crippen LogP contribution in [0.5, 0.6) is 0 Å². The van der Waals surface area contributed by atoms with Gasteiger partial charge in [-0.2, -0.15) is 0 Å². The van der Waals surface area contributed by atoms with Crippen LogP contribution >= 0.6 is 0 Å². The molecule has 1 atom stereocenters. The molecule has 3 rings (SSSR count). The van der Waals surface area contributed by atoms with Crippen molar-refractivity contribution in [2.24, 2.45) is 5.73 Å². The van der Waals surface area contributed by atoms with Crippen molar-refractivity contribution < 1.29 is 8.78 Å². The molecule has 0 bridgehead atoms. The summed E-state index contributed by atoms with van der Waals surface area (Å²) in [6.07, 6.45) is 2.78. The number of fused-ring (bicyclic) bond motifs is 1. The third-order valence-corrected chi connectivity index (χ3v) is 3.80. The van der Waals surface area contributed by atoms with Crippen LogP contribution in [0.25, 0.3) is 5.69 Å². The molecular weight excluding hydrogens is 246 g/mol. The number of nitrogens with zero attached hydrogens (tertiary/aromatic N) is 1. The minimum absolute atomic E-state index is 0.000297. The average molecular weight is 262 g/mol. The van der Waals surface area contributed by atoms with Crippen molar-refractivity contribution in [3.05, 3.63) is 52.9 Å². The molecule has 2 N–H and O–H groups in total. The van der Waals surface area contributed by atoms with Crippen molar-refractivity contribution >= 4 is 0 Å². The Morgan fingerprint density at radius 1 is 1.26 bits per heavy atom. The smallest absolute Gasteiger partial charge is 0.147 e. The number of aromatic nitrogens is 1. The Kier molecular flexibility index (Phi) is 2.90. The Bertz CT molecular complexity index is 631. The van der Waals surface area contributed by atoms with Gasteiger partial charge < -0.3 is 10.3 Å². The minimum Gasteiger partial charge on any atom is -0.324 e. The molecule has 1 heterocycles. The fourth-order valence-corrected chi connectivity index (χ4v) is 2.93. The van der Waals surface area contributed by atoms with Crippen LogP contribution in [-0.2, 0) is 6.42 Å². The van der Waals surface area contributed by atoms with Crippen LogP contribution < -0.4 is 5.73 Å². The molecule has 0 saturated carbocycles. The van der Waals surface area contributed by atoms with Crippen molar-refractivity contribution in [1.29, 1.82) is 0 Å². The van der Waals surface area contributed by atoms with Gasteiger partial charge in [0, 0.05) is 23.5 Å². The summed E-state index contributed by atoms with van der Waals surface area (Å²) in [6, 6.07) is 5.53. The minimum atomic E-state index is -0.432. The molecular formula is C15H16F2N2. The van der Waals surface area contributed by atoms with Gasteiger partial charge in [0.25, 0.3) is 0 Å². The SMILES string of the molecule is Cc1cc2c(n1-c1cc(F)ccc1F)CCCC2N. The Balaban J connectivity index is 2.23. The van der Waals surface area contributed by atoms with Crippen LogP contribution in [0.4, 0.5) is 8.78 Å². The predicted molar refractivity (Wildman–Crippen MR) is 70.3 cm³/mol. The fraction of sp³-hybridized carbons (Fsp3) is 0.333.